The summed E-state index contributed by atoms with van der Waals surface area (Å²) >= 11 is 0. The molecule has 3 heterocycles. The quantitative estimate of drug-likeness (QED) is 0.579. The zero-order valence-corrected chi connectivity index (χ0v) is 17.5. The first-order valence-electron chi connectivity index (χ1n) is 10.7. The smallest absolute Gasteiger partial charge is 0.329 e. The summed E-state index contributed by atoms with van der Waals surface area (Å²) in [5.74, 6) is -1.08. The maximum absolute atomic E-state index is 12.0. The highest BCUT2D eigenvalue weighted by Crippen LogP contribution is 2.35. The Morgan fingerprint density at radius 3 is 2.87 bits per heavy atom. The van der Waals surface area contributed by atoms with E-state index < -0.39 is 12.6 Å². The van der Waals surface area contributed by atoms with Gasteiger partial charge in [0.25, 0.3) is 0 Å². The van der Waals surface area contributed by atoms with Crippen LogP contribution in [0.15, 0.2) is 30.5 Å². The van der Waals surface area contributed by atoms with Crippen LogP contribution in [0.25, 0.3) is 16.5 Å². The number of aromatic amines is 1. The molecule has 2 aliphatic heterocycles. The molecule has 1 atom stereocenters. The first-order valence-corrected chi connectivity index (χ1v) is 10.7. The van der Waals surface area contributed by atoms with E-state index in [4.69, 9.17) is 15.0 Å². The van der Waals surface area contributed by atoms with Crippen molar-refractivity contribution in [2.45, 2.75) is 51.5 Å². The van der Waals surface area contributed by atoms with E-state index in [2.05, 4.69) is 46.5 Å². The molecule has 1 saturated heterocycles. The number of carboxylic acid groups (broad SMARTS) is 1. The van der Waals surface area contributed by atoms with Crippen LogP contribution in [0.1, 0.15) is 51.0 Å². The van der Waals surface area contributed by atoms with Crippen molar-refractivity contribution in [2.24, 2.45) is 0 Å². The zero-order valence-electron chi connectivity index (χ0n) is 17.5. The van der Waals surface area contributed by atoms with Crippen LogP contribution in [0.2, 0.25) is 0 Å². The third kappa shape index (κ3) is 5.49. The fraction of sp³-hybridized carbons (Fsp3) is 0.478. The van der Waals surface area contributed by atoms with Crippen LogP contribution in [0, 0.1) is 0 Å². The number of amides is 1. The summed E-state index contributed by atoms with van der Waals surface area (Å²) in [5.41, 5.74) is 4.78. The fourth-order valence-corrected chi connectivity index (χ4v) is 4.18. The molecule has 0 radical (unpaired) electrons. The predicted octanol–water partition coefficient (Wildman–Crippen LogP) is 3.61. The summed E-state index contributed by atoms with van der Waals surface area (Å²) < 4.78 is 0. The molecule has 4 rings (SSSR count). The van der Waals surface area contributed by atoms with Crippen molar-refractivity contribution in [1.29, 1.82) is 0 Å². The highest BCUT2D eigenvalue weighted by Gasteiger charge is 2.28. The number of aliphatic carboxylic acids is 1. The second-order valence-electron chi connectivity index (χ2n) is 7.89. The van der Waals surface area contributed by atoms with Crippen LogP contribution in [-0.2, 0) is 9.59 Å². The van der Waals surface area contributed by atoms with E-state index in [1.807, 2.05) is 6.07 Å². The van der Waals surface area contributed by atoms with E-state index in [0.29, 0.717) is 12.5 Å². The number of nitrogens with one attached hydrogen (secondary N) is 2. The number of anilines is 1. The fourth-order valence-electron chi connectivity index (χ4n) is 4.18. The highest BCUT2D eigenvalue weighted by atomic mass is 16.4. The van der Waals surface area contributed by atoms with E-state index in [1.165, 1.54) is 35.9 Å². The summed E-state index contributed by atoms with van der Waals surface area (Å²) in [5, 5.41) is 19.3. The van der Waals surface area contributed by atoms with E-state index in [9.17, 15) is 4.79 Å². The molecule has 0 spiro atoms. The number of carbonyl (C=O) groups is 2. The van der Waals surface area contributed by atoms with Crippen LogP contribution in [0.5, 0.6) is 0 Å². The van der Waals surface area contributed by atoms with Gasteiger partial charge in [-0.2, -0.15) is 0 Å². The van der Waals surface area contributed by atoms with Crippen molar-refractivity contribution in [3.63, 3.8) is 0 Å². The molecule has 1 amide bonds. The van der Waals surface area contributed by atoms with Crippen molar-refractivity contribution in [3.8, 4) is 0 Å². The molecular formula is C23H31N3O4. The first kappa shape index (κ1) is 22.1. The van der Waals surface area contributed by atoms with Gasteiger partial charge in [-0.1, -0.05) is 19.4 Å². The molecular weight excluding hydrogens is 382 g/mol. The van der Waals surface area contributed by atoms with Gasteiger partial charge in [0.2, 0.25) is 5.91 Å². The maximum atomic E-state index is 12.0. The van der Waals surface area contributed by atoms with Crippen molar-refractivity contribution in [1.82, 2.24) is 9.88 Å². The number of aliphatic hydroxyl groups is 1. The van der Waals surface area contributed by atoms with Crippen LogP contribution in [-0.4, -0.2) is 57.7 Å². The lowest BCUT2D eigenvalue weighted by molar-refractivity contribution is -0.140. The molecule has 4 N–H and O–H groups in total. The molecule has 0 saturated carbocycles. The lowest BCUT2D eigenvalue weighted by Gasteiger charge is -2.29. The molecule has 0 bridgehead atoms. The zero-order chi connectivity index (χ0) is 21.5. The number of carbonyl (C=O) groups excluding carboxylic acids is 1. The maximum Gasteiger partial charge on any atom is 0.329 e. The molecule has 7 nitrogen and oxygen atoms in total. The Hall–Kier alpha value is -2.64. The first-order chi connectivity index (χ1) is 14.5. The van der Waals surface area contributed by atoms with Crippen molar-refractivity contribution in [3.05, 3.63) is 36.0 Å². The number of hydrogen-bond acceptors (Lipinski definition) is 4. The Bertz CT molecular complexity index is 918. The number of nitrogens with zero attached hydrogens (tertiary/aromatic N) is 1. The number of aliphatic hydroxyl groups excluding tert-OH is 1. The molecule has 2 aromatic rings. The second kappa shape index (κ2) is 10.4. The Morgan fingerprint density at radius 1 is 1.33 bits per heavy atom. The van der Waals surface area contributed by atoms with Gasteiger partial charge in [0.05, 0.1) is 0 Å². The Labute approximate surface area is 176 Å². The third-order valence-electron chi connectivity index (χ3n) is 5.73. The predicted molar refractivity (Wildman–Crippen MR) is 118 cm³/mol. The van der Waals surface area contributed by atoms with E-state index in [0.717, 1.165) is 37.0 Å². The van der Waals surface area contributed by atoms with E-state index >= 15 is 0 Å². The van der Waals surface area contributed by atoms with Crippen LogP contribution >= 0.6 is 0 Å². The molecule has 2 aliphatic rings. The standard InChI is InChI=1S/C21H27N3O.C2H4O3/c1-2-3-6-21(25)23-16-7-8-20-18(13-16)19(14-22-20)15-9-11-24-10-4-5-17(24)12-15;3-1-2(4)5/h7-9,13-14,17,22H,2-6,10-12H2,1H3,(H,23,25);3H,1H2,(H,4,5). The van der Waals surface area contributed by atoms with E-state index in [-0.39, 0.29) is 5.91 Å². The van der Waals surface area contributed by atoms with Crippen molar-refractivity contribution < 1.29 is 19.8 Å². The number of unbranched alkanes of at least 4 members (excludes halogenated alkanes) is 1. The van der Waals surface area contributed by atoms with Crippen LogP contribution in [0.3, 0.4) is 0 Å². The number of benzene rings is 1. The summed E-state index contributed by atoms with van der Waals surface area (Å²) in [6.07, 6.45) is 10.9. The number of fused-ring (bicyclic) bond motifs is 2. The molecule has 1 aromatic carbocycles. The number of rotatable bonds is 6. The number of carboxylic acids is 1. The SMILES string of the molecule is CCCCC(=O)Nc1ccc2[nH]cc(C3=CCN4CCCC4C3)c2c1.O=C(O)CO. The molecule has 162 valence electrons. The second-order valence-corrected chi connectivity index (χ2v) is 7.89. The minimum Gasteiger partial charge on any atom is -0.480 e. The van der Waals surface area contributed by atoms with Gasteiger partial charge in [-0.05, 0) is 56.0 Å². The minimum atomic E-state index is -1.19. The van der Waals surface area contributed by atoms with Gasteiger partial charge in [-0.25, -0.2) is 4.79 Å². The largest absolute Gasteiger partial charge is 0.480 e. The molecule has 1 aromatic heterocycles. The topological polar surface area (TPSA) is 106 Å². The number of aromatic nitrogens is 1. The third-order valence-corrected chi connectivity index (χ3v) is 5.73. The molecule has 30 heavy (non-hydrogen) atoms. The van der Waals surface area contributed by atoms with Crippen molar-refractivity contribution >= 4 is 34.0 Å². The molecule has 1 unspecified atom stereocenters. The van der Waals surface area contributed by atoms with Gasteiger partial charge in [0.1, 0.15) is 6.61 Å². The molecule has 0 aliphatic carbocycles. The van der Waals surface area contributed by atoms with Gasteiger partial charge in [-0.15, -0.1) is 0 Å². The Morgan fingerprint density at radius 2 is 2.13 bits per heavy atom. The van der Waals surface area contributed by atoms with Crippen molar-refractivity contribution in [2.75, 3.05) is 25.0 Å². The number of H-pyrrole nitrogens is 1. The Balaban J connectivity index is 0.000000461. The Kier molecular flexibility index (Phi) is 7.65. The van der Waals surface area contributed by atoms with Gasteiger partial charge in [0, 0.05) is 47.4 Å². The summed E-state index contributed by atoms with van der Waals surface area (Å²) in [7, 11) is 0. The highest BCUT2D eigenvalue weighted by molar-refractivity contribution is 5.98. The monoisotopic (exact) mass is 413 g/mol. The van der Waals surface area contributed by atoms with E-state index in [1.54, 1.807) is 0 Å². The summed E-state index contributed by atoms with van der Waals surface area (Å²) in [6, 6.07) is 6.88. The summed E-state index contributed by atoms with van der Waals surface area (Å²) in [4.78, 5) is 27.1. The normalized spacial score (nSPS) is 18.3. The van der Waals surface area contributed by atoms with Gasteiger partial charge in [0.15, 0.2) is 0 Å². The van der Waals surface area contributed by atoms with Gasteiger partial charge < -0.3 is 20.5 Å². The lowest BCUT2D eigenvalue weighted by atomic mass is 9.94. The average molecular weight is 414 g/mol. The average Bonchev–Trinajstić information content (AvgIpc) is 3.38. The number of hydrogen-bond donors (Lipinski definition) is 4. The van der Waals surface area contributed by atoms with Crippen LogP contribution in [0.4, 0.5) is 5.69 Å². The van der Waals surface area contributed by atoms with Gasteiger partial charge >= 0.3 is 5.97 Å². The molecule has 7 heteroatoms. The van der Waals surface area contributed by atoms with Crippen LogP contribution < -0.4 is 5.32 Å². The summed E-state index contributed by atoms with van der Waals surface area (Å²) in [6.45, 7) is 3.64. The lowest BCUT2D eigenvalue weighted by Crippen LogP contribution is -2.32. The van der Waals surface area contributed by atoms with Gasteiger partial charge in [-0.3, -0.25) is 9.69 Å². The minimum absolute atomic E-state index is 0.108. The molecule has 1 fully saturated rings.